The van der Waals surface area contributed by atoms with Gasteiger partial charge in [-0.25, -0.2) is 8.42 Å². The molecule has 2 aromatic carbocycles. The number of β-amino-alcohol motifs (C(OH)–C–C–N with tert-alkyl or cyclic N) is 1. The van der Waals surface area contributed by atoms with Crippen LogP contribution in [0.4, 0.5) is 13.2 Å². The summed E-state index contributed by atoms with van der Waals surface area (Å²) in [7, 11) is -3.25. The predicted molar refractivity (Wildman–Crippen MR) is 109 cm³/mol. The first-order valence-corrected chi connectivity index (χ1v) is 11.0. The van der Waals surface area contributed by atoms with Gasteiger partial charge in [0, 0.05) is 12.6 Å². The van der Waals surface area contributed by atoms with E-state index in [0.717, 1.165) is 0 Å². The van der Waals surface area contributed by atoms with Gasteiger partial charge in [-0.2, -0.15) is 28.0 Å². The first-order chi connectivity index (χ1) is 15.9. The van der Waals surface area contributed by atoms with Crippen LogP contribution in [0.5, 0.6) is 11.5 Å². The van der Waals surface area contributed by atoms with Gasteiger partial charge in [0.25, 0.3) is 0 Å². The summed E-state index contributed by atoms with van der Waals surface area (Å²) in [4.78, 5) is -0.681. The van der Waals surface area contributed by atoms with Crippen molar-refractivity contribution in [1.82, 2.24) is 4.31 Å². The van der Waals surface area contributed by atoms with Gasteiger partial charge in [-0.15, -0.1) is 0 Å². The van der Waals surface area contributed by atoms with Crippen LogP contribution in [0.2, 0.25) is 0 Å². The maximum absolute atomic E-state index is 13.2. The van der Waals surface area contributed by atoms with Gasteiger partial charge in [-0.3, -0.25) is 0 Å². The van der Waals surface area contributed by atoms with Crippen LogP contribution < -0.4 is 9.47 Å². The van der Waals surface area contributed by atoms with E-state index in [4.69, 9.17) is 14.7 Å². The van der Waals surface area contributed by atoms with E-state index < -0.39 is 63.6 Å². The Bertz CT molecular complexity index is 1290. The molecule has 2 aromatic rings. The lowest BCUT2D eigenvalue weighted by Gasteiger charge is -2.27. The molecule has 2 atom stereocenters. The number of halogens is 3. The molecule has 3 rings (SSSR count). The quantitative estimate of drug-likeness (QED) is 0.613. The van der Waals surface area contributed by atoms with E-state index in [1.165, 1.54) is 31.4 Å². The minimum atomic E-state index is -4.78. The second-order valence-corrected chi connectivity index (χ2v) is 9.37. The van der Waals surface area contributed by atoms with Crippen LogP contribution in [0.15, 0.2) is 41.3 Å². The number of ether oxygens (including phenoxy) is 2. The lowest BCUT2D eigenvalue weighted by molar-refractivity contribution is -0.137. The topological polar surface area (TPSA) is 144 Å². The van der Waals surface area contributed by atoms with Crippen LogP contribution in [-0.2, 0) is 16.2 Å². The van der Waals surface area contributed by atoms with Crippen molar-refractivity contribution in [3.63, 3.8) is 0 Å². The van der Waals surface area contributed by atoms with Crippen molar-refractivity contribution < 1.29 is 41.3 Å². The molecule has 0 aliphatic carbocycles. The monoisotopic (exact) mass is 497 g/mol. The molecular weight excluding hydrogens is 479 g/mol. The molecule has 1 aliphatic rings. The maximum Gasteiger partial charge on any atom is 0.416 e. The summed E-state index contributed by atoms with van der Waals surface area (Å²) in [6.45, 7) is -2.05. The highest BCUT2D eigenvalue weighted by atomic mass is 32.2. The minimum absolute atomic E-state index is 0.0601. The minimum Gasteiger partial charge on any atom is -0.493 e. The number of benzene rings is 2. The van der Waals surface area contributed by atoms with Gasteiger partial charge in [0.2, 0.25) is 10.0 Å². The van der Waals surface area contributed by atoms with Crippen molar-refractivity contribution in [2.24, 2.45) is 0 Å². The van der Waals surface area contributed by atoms with Crippen molar-refractivity contribution in [1.29, 1.82) is 10.5 Å². The number of aliphatic hydroxyl groups excluding tert-OH is 1. The van der Waals surface area contributed by atoms with Crippen LogP contribution in [0.3, 0.4) is 0 Å². The molecule has 2 N–H and O–H groups in total. The number of sulfonamides is 1. The highest BCUT2D eigenvalue weighted by Crippen LogP contribution is 2.36. The molecule has 1 fully saturated rings. The Labute approximate surface area is 192 Å². The van der Waals surface area contributed by atoms with Crippen LogP contribution >= 0.6 is 0 Å². The van der Waals surface area contributed by atoms with Gasteiger partial charge in [-0.1, -0.05) is 0 Å². The molecule has 1 aliphatic heterocycles. The molecule has 0 radical (unpaired) electrons. The fourth-order valence-electron chi connectivity index (χ4n) is 3.45. The lowest BCUT2D eigenvalue weighted by Crippen LogP contribution is -2.48. The summed E-state index contributed by atoms with van der Waals surface area (Å²) in [6, 6.07) is 9.14. The number of alkyl halides is 3. The molecule has 0 amide bonds. The van der Waals surface area contributed by atoms with Crippen molar-refractivity contribution >= 4 is 10.0 Å². The Morgan fingerprint density at radius 2 is 1.88 bits per heavy atom. The van der Waals surface area contributed by atoms with Gasteiger partial charge < -0.3 is 19.7 Å². The molecular formula is C21H18F3N3O6S. The highest BCUT2D eigenvalue weighted by Gasteiger charge is 2.51. The van der Waals surface area contributed by atoms with E-state index in [2.05, 4.69) is 0 Å². The standard InChI is InChI=1S/C21H18F3N3O6S/c1-32-17-6-13(8-25)2-4-16(17)33-19-10-27(11-20(19,29)12-28)34(30,31)18-5-3-15(21(22,23)24)7-14(18)9-26/h2-7,19,28-29H,10-12H2,1H3/t19?,20-/m1/s1. The number of hydrogen-bond donors (Lipinski definition) is 2. The molecule has 0 saturated carbocycles. The summed E-state index contributed by atoms with van der Waals surface area (Å²) in [5.41, 5.74) is -3.74. The van der Waals surface area contributed by atoms with Crippen LogP contribution in [0.25, 0.3) is 0 Å². The van der Waals surface area contributed by atoms with Crippen LogP contribution in [0.1, 0.15) is 16.7 Å². The van der Waals surface area contributed by atoms with E-state index in [1.54, 1.807) is 0 Å². The molecule has 0 spiro atoms. The van der Waals surface area contributed by atoms with Crippen molar-refractivity contribution in [2.75, 3.05) is 26.8 Å². The zero-order valence-corrected chi connectivity index (χ0v) is 18.4. The molecule has 180 valence electrons. The Morgan fingerprint density at radius 3 is 2.44 bits per heavy atom. The number of aliphatic hydroxyl groups is 2. The smallest absolute Gasteiger partial charge is 0.416 e. The average molecular weight is 497 g/mol. The van der Waals surface area contributed by atoms with E-state index in [0.29, 0.717) is 22.5 Å². The molecule has 1 saturated heterocycles. The highest BCUT2D eigenvalue weighted by molar-refractivity contribution is 7.89. The third kappa shape index (κ3) is 4.64. The largest absolute Gasteiger partial charge is 0.493 e. The predicted octanol–water partition coefficient (Wildman–Crippen LogP) is 1.63. The third-order valence-electron chi connectivity index (χ3n) is 5.30. The molecule has 1 unspecified atom stereocenters. The summed E-state index contributed by atoms with van der Waals surface area (Å²) >= 11 is 0. The molecule has 13 heteroatoms. The van der Waals surface area contributed by atoms with Gasteiger partial charge in [0.1, 0.15) is 17.8 Å². The number of nitrogens with zero attached hydrogens (tertiary/aromatic N) is 3. The summed E-state index contributed by atoms with van der Waals surface area (Å²) < 4.78 is 76.8. The fourth-order valence-corrected chi connectivity index (χ4v) is 5.08. The number of hydrogen-bond acceptors (Lipinski definition) is 8. The third-order valence-corrected chi connectivity index (χ3v) is 7.17. The van der Waals surface area contributed by atoms with Crippen LogP contribution in [0, 0.1) is 22.7 Å². The fraction of sp³-hybridized carbons (Fsp3) is 0.333. The van der Waals surface area contributed by atoms with Crippen molar-refractivity contribution in [3.05, 3.63) is 53.1 Å². The second kappa shape index (κ2) is 9.12. The van der Waals surface area contributed by atoms with Gasteiger partial charge >= 0.3 is 6.18 Å². The number of nitriles is 2. The molecule has 0 aromatic heterocycles. The van der Waals surface area contributed by atoms with E-state index in [9.17, 15) is 37.1 Å². The average Bonchev–Trinajstić information content (AvgIpc) is 3.15. The van der Waals surface area contributed by atoms with E-state index in [1.807, 2.05) is 6.07 Å². The molecule has 0 bridgehead atoms. The Balaban J connectivity index is 1.96. The first-order valence-electron chi connectivity index (χ1n) is 9.59. The molecule has 34 heavy (non-hydrogen) atoms. The first kappa shape index (κ1) is 25.3. The SMILES string of the molecule is COc1cc(C#N)ccc1OC1CN(S(=O)(=O)c2ccc(C(F)(F)F)cc2C#N)C[C@@]1(O)CO. The Kier molecular flexibility index (Phi) is 6.78. The number of rotatable bonds is 6. The maximum atomic E-state index is 13.2. The second-order valence-electron chi connectivity index (χ2n) is 7.46. The van der Waals surface area contributed by atoms with Crippen LogP contribution in [-0.4, -0.2) is 61.4 Å². The Hall–Kier alpha value is -3.36. The zero-order valence-electron chi connectivity index (χ0n) is 17.6. The zero-order chi connectivity index (χ0) is 25.3. The van der Waals surface area contributed by atoms with Crippen molar-refractivity contribution in [2.45, 2.75) is 22.8 Å². The molecule has 9 nitrogen and oxygen atoms in total. The summed E-state index contributed by atoms with van der Waals surface area (Å²) in [6.07, 6.45) is -6.09. The molecule has 1 heterocycles. The van der Waals surface area contributed by atoms with Gasteiger partial charge in [0.15, 0.2) is 11.5 Å². The lowest BCUT2D eigenvalue weighted by atomic mass is 10.0. The summed E-state index contributed by atoms with van der Waals surface area (Å²) in [5.74, 6) is 0.181. The Morgan fingerprint density at radius 1 is 1.18 bits per heavy atom. The van der Waals surface area contributed by atoms with Gasteiger partial charge in [-0.05, 0) is 30.3 Å². The van der Waals surface area contributed by atoms with Gasteiger partial charge in [0.05, 0.1) is 47.9 Å². The summed E-state index contributed by atoms with van der Waals surface area (Å²) in [5, 5.41) is 38.9. The van der Waals surface area contributed by atoms with Crippen molar-refractivity contribution in [3.8, 4) is 23.6 Å². The number of methoxy groups -OCH3 is 1. The van der Waals surface area contributed by atoms with E-state index in [-0.39, 0.29) is 17.1 Å². The normalized spacial score (nSPS) is 21.0. The van der Waals surface area contributed by atoms with E-state index >= 15 is 0 Å².